The van der Waals surface area contributed by atoms with E-state index in [2.05, 4.69) is 5.32 Å². The lowest BCUT2D eigenvalue weighted by molar-refractivity contribution is -0.138. The van der Waals surface area contributed by atoms with Crippen LogP contribution in [0.3, 0.4) is 0 Å². The van der Waals surface area contributed by atoms with Gasteiger partial charge in [0.25, 0.3) is 5.91 Å². The number of hydrogen-bond donors (Lipinski definition) is 2. The van der Waals surface area contributed by atoms with Crippen molar-refractivity contribution in [1.29, 1.82) is 0 Å². The molecule has 1 rings (SSSR count). The van der Waals surface area contributed by atoms with E-state index in [1.165, 1.54) is 18.2 Å². The topological polar surface area (TPSA) is 66.4 Å². The molecule has 1 unspecified atom stereocenters. The van der Waals surface area contributed by atoms with E-state index in [0.717, 1.165) is 0 Å². The Balaban J connectivity index is 2.60. The van der Waals surface area contributed by atoms with Crippen molar-refractivity contribution in [3.05, 3.63) is 35.6 Å². The van der Waals surface area contributed by atoms with E-state index in [4.69, 9.17) is 5.11 Å². The highest BCUT2D eigenvalue weighted by Gasteiger charge is 2.17. The molecule has 5 heteroatoms. The summed E-state index contributed by atoms with van der Waals surface area (Å²) in [5.41, 5.74) is -0.0221. The molecule has 0 saturated heterocycles. The first kappa shape index (κ1) is 16.1. The van der Waals surface area contributed by atoms with Crippen LogP contribution in [-0.2, 0) is 4.79 Å². The minimum atomic E-state index is -0.893. The lowest BCUT2D eigenvalue weighted by atomic mass is 9.94. The Morgan fingerprint density at radius 1 is 1.30 bits per heavy atom. The number of amides is 1. The number of carbonyl (C=O) groups is 2. The molecule has 0 fully saturated rings. The Hall–Kier alpha value is -1.91. The van der Waals surface area contributed by atoms with Gasteiger partial charge < -0.3 is 10.4 Å². The zero-order chi connectivity index (χ0) is 15.1. The van der Waals surface area contributed by atoms with E-state index in [1.807, 2.05) is 13.8 Å². The van der Waals surface area contributed by atoms with Crippen molar-refractivity contribution in [2.24, 2.45) is 11.8 Å². The third kappa shape index (κ3) is 5.38. The third-order valence-corrected chi connectivity index (χ3v) is 2.94. The van der Waals surface area contributed by atoms with Gasteiger partial charge in [-0.15, -0.1) is 0 Å². The van der Waals surface area contributed by atoms with Gasteiger partial charge in [-0.1, -0.05) is 26.0 Å². The third-order valence-electron chi connectivity index (χ3n) is 2.94. The smallest absolute Gasteiger partial charge is 0.303 e. The van der Waals surface area contributed by atoms with Crippen LogP contribution in [-0.4, -0.2) is 23.5 Å². The van der Waals surface area contributed by atoms with Crippen LogP contribution in [0.25, 0.3) is 0 Å². The van der Waals surface area contributed by atoms with E-state index in [0.29, 0.717) is 12.3 Å². The average molecular weight is 281 g/mol. The van der Waals surface area contributed by atoms with E-state index < -0.39 is 17.7 Å². The van der Waals surface area contributed by atoms with Gasteiger partial charge in [-0.2, -0.15) is 0 Å². The van der Waals surface area contributed by atoms with Crippen LogP contribution in [0.2, 0.25) is 0 Å². The highest BCUT2D eigenvalue weighted by molar-refractivity contribution is 5.94. The molecule has 4 nitrogen and oxygen atoms in total. The predicted octanol–water partition coefficient (Wildman–Crippen LogP) is 2.69. The second kappa shape index (κ2) is 7.62. The summed E-state index contributed by atoms with van der Waals surface area (Å²) in [7, 11) is 0. The molecule has 1 aromatic rings. The largest absolute Gasteiger partial charge is 0.481 e. The fourth-order valence-corrected chi connectivity index (χ4v) is 2.13. The fourth-order valence-electron chi connectivity index (χ4n) is 2.13. The fraction of sp³-hybridized carbons (Fsp3) is 0.467. The van der Waals surface area contributed by atoms with Crippen LogP contribution in [0.4, 0.5) is 4.39 Å². The Kier molecular flexibility index (Phi) is 6.15. The molecule has 2 N–H and O–H groups in total. The van der Waals surface area contributed by atoms with Gasteiger partial charge in [0.05, 0.1) is 5.56 Å². The summed E-state index contributed by atoms with van der Waals surface area (Å²) in [6, 6.07) is 5.72. The van der Waals surface area contributed by atoms with Crippen molar-refractivity contribution in [3.8, 4) is 0 Å². The normalized spacial score (nSPS) is 12.2. The molecule has 0 saturated carbocycles. The number of benzene rings is 1. The standard InChI is InChI=1S/C15H20FNO3/c1-10(2)7-11(8-14(18)19)9-17-15(20)12-5-3-4-6-13(12)16/h3-6,10-11H,7-9H2,1-2H3,(H,17,20)(H,18,19). The number of carbonyl (C=O) groups excluding carboxylic acids is 1. The quantitative estimate of drug-likeness (QED) is 0.807. The van der Waals surface area contributed by atoms with Crippen LogP contribution in [0.5, 0.6) is 0 Å². The summed E-state index contributed by atoms with van der Waals surface area (Å²) in [6.45, 7) is 4.22. The molecule has 0 bridgehead atoms. The number of aliphatic carboxylic acids is 1. The van der Waals surface area contributed by atoms with E-state index in [9.17, 15) is 14.0 Å². The monoisotopic (exact) mass is 281 g/mol. The summed E-state index contributed by atoms with van der Waals surface area (Å²) < 4.78 is 13.4. The van der Waals surface area contributed by atoms with Crippen molar-refractivity contribution in [2.45, 2.75) is 26.7 Å². The van der Waals surface area contributed by atoms with Crippen molar-refractivity contribution in [3.63, 3.8) is 0 Å². The first-order valence-electron chi connectivity index (χ1n) is 6.64. The summed E-state index contributed by atoms with van der Waals surface area (Å²) in [6.07, 6.45) is 0.694. The van der Waals surface area contributed by atoms with Crippen LogP contribution >= 0.6 is 0 Å². The van der Waals surface area contributed by atoms with Crippen LogP contribution in [0.15, 0.2) is 24.3 Å². The second-order valence-corrected chi connectivity index (χ2v) is 5.28. The molecule has 110 valence electrons. The molecule has 0 aliphatic rings. The van der Waals surface area contributed by atoms with Gasteiger partial charge in [-0.05, 0) is 30.4 Å². The molecule has 1 amide bonds. The molecule has 1 aromatic carbocycles. The Labute approximate surface area is 118 Å². The molecular formula is C15H20FNO3. The van der Waals surface area contributed by atoms with E-state index in [-0.39, 0.29) is 24.4 Å². The first-order chi connectivity index (χ1) is 9.40. The number of carboxylic acids is 1. The summed E-state index contributed by atoms with van der Waals surface area (Å²) in [5.74, 6) is -1.80. The Bertz CT molecular complexity index is 474. The predicted molar refractivity (Wildman–Crippen MR) is 73.9 cm³/mol. The van der Waals surface area contributed by atoms with Crippen LogP contribution in [0.1, 0.15) is 37.0 Å². The Morgan fingerprint density at radius 2 is 1.95 bits per heavy atom. The molecule has 0 heterocycles. The molecule has 0 aromatic heterocycles. The maximum atomic E-state index is 13.4. The summed E-state index contributed by atoms with van der Waals surface area (Å²) in [4.78, 5) is 22.6. The van der Waals surface area contributed by atoms with Gasteiger partial charge in [0.2, 0.25) is 0 Å². The van der Waals surface area contributed by atoms with Gasteiger partial charge >= 0.3 is 5.97 Å². The average Bonchev–Trinajstić information content (AvgIpc) is 2.34. The van der Waals surface area contributed by atoms with Crippen molar-refractivity contribution in [1.82, 2.24) is 5.32 Å². The number of halogens is 1. The number of nitrogens with one attached hydrogen (secondary N) is 1. The minimum Gasteiger partial charge on any atom is -0.481 e. The number of hydrogen-bond acceptors (Lipinski definition) is 2. The second-order valence-electron chi connectivity index (χ2n) is 5.28. The molecular weight excluding hydrogens is 261 g/mol. The van der Waals surface area contributed by atoms with Gasteiger partial charge in [-0.25, -0.2) is 4.39 Å². The molecule has 20 heavy (non-hydrogen) atoms. The lowest BCUT2D eigenvalue weighted by Gasteiger charge is -2.17. The van der Waals surface area contributed by atoms with Gasteiger partial charge in [0.1, 0.15) is 5.82 Å². The number of carboxylic acid groups (broad SMARTS) is 1. The van der Waals surface area contributed by atoms with Gasteiger partial charge in [0, 0.05) is 13.0 Å². The van der Waals surface area contributed by atoms with Crippen LogP contribution < -0.4 is 5.32 Å². The highest BCUT2D eigenvalue weighted by Crippen LogP contribution is 2.15. The summed E-state index contributed by atoms with van der Waals surface area (Å²) >= 11 is 0. The highest BCUT2D eigenvalue weighted by atomic mass is 19.1. The molecule has 0 aliphatic carbocycles. The van der Waals surface area contributed by atoms with Crippen molar-refractivity contribution < 1.29 is 19.1 Å². The summed E-state index contributed by atoms with van der Waals surface area (Å²) in [5, 5.41) is 11.5. The zero-order valence-electron chi connectivity index (χ0n) is 11.7. The molecule has 0 aliphatic heterocycles. The number of rotatable bonds is 7. The SMILES string of the molecule is CC(C)CC(CNC(=O)c1ccccc1F)CC(=O)O. The van der Waals surface area contributed by atoms with Crippen molar-refractivity contribution in [2.75, 3.05) is 6.54 Å². The van der Waals surface area contributed by atoms with E-state index >= 15 is 0 Å². The lowest BCUT2D eigenvalue weighted by Crippen LogP contribution is -2.31. The minimum absolute atomic E-state index is 0.00423. The zero-order valence-corrected chi connectivity index (χ0v) is 11.7. The molecule has 0 spiro atoms. The Morgan fingerprint density at radius 3 is 2.50 bits per heavy atom. The maximum Gasteiger partial charge on any atom is 0.303 e. The van der Waals surface area contributed by atoms with E-state index in [1.54, 1.807) is 6.07 Å². The van der Waals surface area contributed by atoms with Crippen LogP contribution in [0, 0.1) is 17.7 Å². The van der Waals surface area contributed by atoms with Gasteiger partial charge in [0.15, 0.2) is 0 Å². The molecule has 1 atom stereocenters. The molecule has 0 radical (unpaired) electrons. The van der Waals surface area contributed by atoms with Gasteiger partial charge in [-0.3, -0.25) is 9.59 Å². The van der Waals surface area contributed by atoms with Crippen molar-refractivity contribution >= 4 is 11.9 Å². The first-order valence-corrected chi connectivity index (χ1v) is 6.64. The maximum absolute atomic E-state index is 13.4.